The molecule has 5 aliphatic carbocycles. The number of aliphatic hydroxyl groups is 5. The minimum absolute atomic E-state index is 0.146. The topological polar surface area (TPSA) is 145 Å². The van der Waals surface area contributed by atoms with Gasteiger partial charge in [-0.05, 0) is 44.7 Å². The van der Waals surface area contributed by atoms with Crippen molar-refractivity contribution in [1.29, 1.82) is 0 Å². The number of aryl methyl sites for hydroxylation is 1. The van der Waals surface area contributed by atoms with Gasteiger partial charge in [0, 0.05) is 10.8 Å². The molecule has 1 aromatic carbocycles. The van der Waals surface area contributed by atoms with Gasteiger partial charge in [-0.1, -0.05) is 56.2 Å². The van der Waals surface area contributed by atoms with E-state index in [0.717, 1.165) is 18.4 Å². The second-order valence-corrected chi connectivity index (χ2v) is 13.0. The largest absolute Gasteiger partial charge is 0.387 e. The van der Waals surface area contributed by atoms with Crippen LogP contribution in [0.3, 0.4) is 0 Å². The molecule has 2 spiro atoms. The molecule has 6 atom stereocenters. The van der Waals surface area contributed by atoms with Crippen LogP contribution in [0.2, 0.25) is 0 Å². The summed E-state index contributed by atoms with van der Waals surface area (Å²) in [4.78, 5) is -0.146. The Labute approximate surface area is 199 Å². The summed E-state index contributed by atoms with van der Waals surface area (Å²) in [6.07, 6.45) is 2.31. The van der Waals surface area contributed by atoms with Crippen LogP contribution in [0.1, 0.15) is 69.8 Å². The van der Waals surface area contributed by atoms with Crippen LogP contribution in [0.5, 0.6) is 0 Å². The first-order valence-electron chi connectivity index (χ1n) is 12.5. The third-order valence-electron chi connectivity index (χ3n) is 10.4. The monoisotopic (exact) mass is 494 g/mol. The van der Waals surface area contributed by atoms with Gasteiger partial charge in [-0.25, -0.2) is 0 Å². The van der Waals surface area contributed by atoms with Crippen molar-refractivity contribution in [2.45, 2.75) is 111 Å². The van der Waals surface area contributed by atoms with E-state index in [2.05, 4.69) is 0 Å². The van der Waals surface area contributed by atoms with Crippen LogP contribution in [-0.2, 0) is 14.3 Å². The Hall–Kier alpha value is -1.07. The average molecular weight is 495 g/mol. The van der Waals surface area contributed by atoms with Crippen LogP contribution in [0, 0.1) is 17.8 Å². The Morgan fingerprint density at radius 3 is 1.71 bits per heavy atom. The quantitative estimate of drug-likeness (QED) is 0.396. The van der Waals surface area contributed by atoms with E-state index in [0.29, 0.717) is 51.4 Å². The highest BCUT2D eigenvalue weighted by molar-refractivity contribution is 7.86. The van der Waals surface area contributed by atoms with Gasteiger partial charge < -0.3 is 25.5 Å². The summed E-state index contributed by atoms with van der Waals surface area (Å²) in [7, 11) is -4.45. The minimum atomic E-state index is -4.45. The highest BCUT2D eigenvalue weighted by atomic mass is 32.2. The smallest absolute Gasteiger partial charge is 0.297 e. The SMILES string of the molecule is Cc1ccc(S(=O)(=O)O[C@H]2[C@H](O)[C@]3(O)C4(CCCCC4)[C@]3(O)[C@]3(O)C4(CCCCC4)[C@@]23O)cc1. The zero-order chi connectivity index (χ0) is 24.4. The molecule has 8 nitrogen and oxygen atoms in total. The lowest BCUT2D eigenvalue weighted by Gasteiger charge is -2.39. The van der Waals surface area contributed by atoms with E-state index in [1.54, 1.807) is 12.1 Å². The molecule has 0 aliphatic heterocycles. The van der Waals surface area contributed by atoms with Gasteiger partial charge in [-0.3, -0.25) is 4.18 Å². The van der Waals surface area contributed by atoms with Crippen molar-refractivity contribution in [3.05, 3.63) is 29.8 Å². The van der Waals surface area contributed by atoms with Gasteiger partial charge in [0.1, 0.15) is 34.6 Å². The maximum absolute atomic E-state index is 13.2. The molecule has 0 heterocycles. The minimum Gasteiger partial charge on any atom is -0.387 e. The average Bonchev–Trinajstić information content (AvgIpc) is 3.45. The van der Waals surface area contributed by atoms with Crippen molar-refractivity contribution in [3.63, 3.8) is 0 Å². The van der Waals surface area contributed by atoms with Crippen molar-refractivity contribution in [3.8, 4) is 0 Å². The molecule has 188 valence electrons. The standard InChI is InChI=1S/C25H34O8S/c1-16-8-10-17(11-9-16)34(31,32)33-19-18(26)22(27)20(12-4-2-5-13-20)24(22,29)25(30)21(23(19,25)28)14-6-3-7-15-21/h8-11,18-19,26-30H,2-7,12-15H2,1H3/t18-,19-,22-,23-,24+,25-/m0/s1. The van der Waals surface area contributed by atoms with E-state index in [9.17, 15) is 34.0 Å². The molecule has 0 saturated heterocycles. The number of benzene rings is 1. The van der Waals surface area contributed by atoms with Gasteiger partial charge in [-0.15, -0.1) is 0 Å². The van der Waals surface area contributed by atoms with Crippen molar-refractivity contribution in [2.75, 3.05) is 0 Å². The molecule has 0 radical (unpaired) electrons. The molecule has 0 aromatic heterocycles. The van der Waals surface area contributed by atoms with E-state index >= 15 is 0 Å². The van der Waals surface area contributed by atoms with Crippen molar-refractivity contribution in [2.24, 2.45) is 10.8 Å². The Bertz CT molecular complexity index is 1120. The van der Waals surface area contributed by atoms with Crippen molar-refractivity contribution < 1.29 is 38.1 Å². The highest BCUT2D eigenvalue weighted by Gasteiger charge is 3.11. The maximum atomic E-state index is 13.2. The highest BCUT2D eigenvalue weighted by Crippen LogP contribution is 2.91. The Morgan fingerprint density at radius 2 is 1.21 bits per heavy atom. The number of rotatable bonds is 3. The molecule has 34 heavy (non-hydrogen) atoms. The van der Waals surface area contributed by atoms with Gasteiger partial charge in [0.2, 0.25) is 0 Å². The molecule has 6 rings (SSSR count). The summed E-state index contributed by atoms with van der Waals surface area (Å²) in [6, 6.07) is 5.99. The Kier molecular flexibility index (Phi) is 4.54. The zero-order valence-corrected chi connectivity index (χ0v) is 20.2. The van der Waals surface area contributed by atoms with E-state index in [4.69, 9.17) is 4.18 Å². The number of fused-ring (bicyclic) bond motifs is 7. The molecule has 9 heteroatoms. The predicted octanol–water partition coefficient (Wildman–Crippen LogP) is 1.30. The summed E-state index contributed by atoms with van der Waals surface area (Å²) in [5.74, 6) is 0. The predicted molar refractivity (Wildman–Crippen MR) is 120 cm³/mol. The van der Waals surface area contributed by atoms with Crippen LogP contribution >= 0.6 is 0 Å². The fraction of sp³-hybridized carbons (Fsp3) is 0.760. The number of aliphatic hydroxyl groups excluding tert-OH is 1. The molecule has 0 bridgehead atoms. The molecule has 5 N–H and O–H groups in total. The van der Waals surface area contributed by atoms with Crippen molar-refractivity contribution >= 4 is 10.1 Å². The molecular formula is C25H34O8S. The summed E-state index contributed by atoms with van der Waals surface area (Å²) in [6.45, 7) is 1.81. The second-order valence-electron chi connectivity index (χ2n) is 11.5. The van der Waals surface area contributed by atoms with Crippen molar-refractivity contribution in [1.82, 2.24) is 0 Å². The molecule has 5 fully saturated rings. The third kappa shape index (κ3) is 2.10. The maximum Gasteiger partial charge on any atom is 0.297 e. The van der Waals surface area contributed by atoms with Crippen LogP contribution in [-0.4, -0.2) is 68.6 Å². The van der Waals surface area contributed by atoms with Crippen LogP contribution in [0.25, 0.3) is 0 Å². The lowest BCUT2D eigenvalue weighted by atomic mass is 9.76. The first-order valence-corrected chi connectivity index (χ1v) is 13.9. The molecule has 0 amide bonds. The molecule has 1 aromatic rings. The third-order valence-corrected chi connectivity index (χ3v) is 11.7. The van der Waals surface area contributed by atoms with E-state index in [-0.39, 0.29) is 4.90 Å². The van der Waals surface area contributed by atoms with Crippen LogP contribution < -0.4 is 0 Å². The number of hydrogen-bond acceptors (Lipinski definition) is 8. The first-order chi connectivity index (χ1) is 15.9. The van der Waals surface area contributed by atoms with Gasteiger partial charge in [0.15, 0.2) is 0 Å². The van der Waals surface area contributed by atoms with Gasteiger partial charge in [0.25, 0.3) is 10.1 Å². The van der Waals surface area contributed by atoms with Crippen LogP contribution in [0.4, 0.5) is 0 Å². The zero-order valence-electron chi connectivity index (χ0n) is 19.4. The van der Waals surface area contributed by atoms with Gasteiger partial charge in [0.05, 0.1) is 4.90 Å². The lowest BCUT2D eigenvalue weighted by molar-refractivity contribution is -0.216. The van der Waals surface area contributed by atoms with E-state index in [1.807, 2.05) is 6.92 Å². The number of hydrogen-bond donors (Lipinski definition) is 5. The van der Waals surface area contributed by atoms with E-state index in [1.165, 1.54) is 12.1 Å². The molecular weight excluding hydrogens is 460 g/mol. The molecule has 5 saturated carbocycles. The van der Waals surface area contributed by atoms with E-state index < -0.39 is 55.6 Å². The normalized spacial score (nSPS) is 46.1. The Morgan fingerprint density at radius 1 is 0.765 bits per heavy atom. The summed E-state index contributed by atoms with van der Waals surface area (Å²) in [5.41, 5.74) is -10.3. The van der Waals surface area contributed by atoms with Crippen LogP contribution in [0.15, 0.2) is 29.2 Å². The Balaban J connectivity index is 1.49. The molecule has 5 aliphatic rings. The summed E-state index contributed by atoms with van der Waals surface area (Å²) in [5, 5.41) is 59.7. The first kappa shape index (κ1) is 23.3. The molecule has 0 unspecified atom stereocenters. The summed E-state index contributed by atoms with van der Waals surface area (Å²) < 4.78 is 32.0. The fourth-order valence-electron chi connectivity index (χ4n) is 8.85. The van der Waals surface area contributed by atoms with Gasteiger partial charge in [-0.2, -0.15) is 8.42 Å². The van der Waals surface area contributed by atoms with Gasteiger partial charge >= 0.3 is 0 Å². The second kappa shape index (κ2) is 6.62. The summed E-state index contributed by atoms with van der Waals surface area (Å²) >= 11 is 0. The lowest BCUT2D eigenvalue weighted by Crippen LogP contribution is -2.64. The fourth-order valence-corrected chi connectivity index (χ4v) is 9.94.